The topological polar surface area (TPSA) is 17.1 Å². The van der Waals surface area contributed by atoms with Crippen LogP contribution < -0.4 is 0 Å². The lowest BCUT2D eigenvalue weighted by Gasteiger charge is -2.02. The third-order valence-corrected chi connectivity index (χ3v) is 3.75. The molecule has 0 atom stereocenters. The fourth-order valence-electron chi connectivity index (χ4n) is 2.04. The first kappa shape index (κ1) is 11.2. The van der Waals surface area contributed by atoms with Crippen molar-refractivity contribution in [3.05, 3.63) is 70.4 Å². The molecule has 0 aliphatic carbocycles. The van der Waals surface area contributed by atoms with E-state index in [-0.39, 0.29) is 5.78 Å². The first-order chi connectivity index (χ1) is 8.83. The quantitative estimate of drug-likeness (QED) is 0.634. The number of hydrogen-bond acceptors (Lipinski definition) is 2. The Hall–Kier alpha value is -1.93. The lowest BCUT2D eigenvalue weighted by atomic mass is 10.0. The summed E-state index contributed by atoms with van der Waals surface area (Å²) in [6.07, 6.45) is 0.488. The molecular weight excluding hydrogens is 240 g/mol. The fraction of sp³-hybridized carbons (Fsp3) is 0.0625. The van der Waals surface area contributed by atoms with Crippen molar-refractivity contribution >= 4 is 27.9 Å². The number of fused-ring (bicyclic) bond motifs is 1. The third-order valence-electron chi connectivity index (χ3n) is 3.02. The molecule has 1 aromatic heterocycles. The summed E-state index contributed by atoms with van der Waals surface area (Å²) in [7, 11) is 0. The van der Waals surface area contributed by atoms with Crippen LogP contribution in [0.3, 0.4) is 0 Å². The molecule has 0 fully saturated rings. The van der Waals surface area contributed by atoms with E-state index in [9.17, 15) is 4.79 Å². The molecule has 0 spiro atoms. The van der Waals surface area contributed by atoms with Crippen molar-refractivity contribution in [3.63, 3.8) is 0 Å². The molecule has 0 amide bonds. The highest BCUT2D eigenvalue weighted by Gasteiger charge is 2.07. The van der Waals surface area contributed by atoms with Gasteiger partial charge >= 0.3 is 0 Å². The summed E-state index contributed by atoms with van der Waals surface area (Å²) >= 11 is 1.63. The van der Waals surface area contributed by atoms with Gasteiger partial charge in [-0.15, -0.1) is 0 Å². The van der Waals surface area contributed by atoms with Crippen LogP contribution in [0.25, 0.3) is 10.8 Å². The largest absolute Gasteiger partial charge is 0.294 e. The second-order valence-corrected chi connectivity index (χ2v) is 5.07. The molecular formula is C16H12OS. The van der Waals surface area contributed by atoms with E-state index in [1.807, 2.05) is 53.2 Å². The van der Waals surface area contributed by atoms with Gasteiger partial charge in [-0.25, -0.2) is 0 Å². The molecule has 2 heteroatoms. The molecule has 0 radical (unpaired) electrons. The Morgan fingerprint density at radius 2 is 1.83 bits per heavy atom. The minimum absolute atomic E-state index is 0.180. The van der Waals surface area contributed by atoms with E-state index < -0.39 is 0 Å². The van der Waals surface area contributed by atoms with Crippen molar-refractivity contribution in [2.24, 2.45) is 0 Å². The predicted molar refractivity (Wildman–Crippen MR) is 76.3 cm³/mol. The van der Waals surface area contributed by atoms with Crippen LogP contribution >= 0.6 is 11.3 Å². The molecule has 0 saturated carbocycles. The Morgan fingerprint density at radius 3 is 2.61 bits per heavy atom. The summed E-state index contributed by atoms with van der Waals surface area (Å²) in [5.74, 6) is 0.180. The highest BCUT2D eigenvalue weighted by molar-refractivity contribution is 7.08. The second-order valence-electron chi connectivity index (χ2n) is 4.29. The normalized spacial score (nSPS) is 10.7. The number of ketones is 1. The molecule has 0 aliphatic heterocycles. The Morgan fingerprint density at radius 1 is 1.00 bits per heavy atom. The zero-order valence-corrected chi connectivity index (χ0v) is 10.6. The van der Waals surface area contributed by atoms with Gasteiger partial charge in [0.25, 0.3) is 0 Å². The Bertz CT molecular complexity index is 683. The first-order valence-electron chi connectivity index (χ1n) is 5.86. The zero-order valence-electron chi connectivity index (χ0n) is 9.80. The van der Waals surface area contributed by atoms with Crippen LogP contribution in [0.1, 0.15) is 15.9 Å². The Labute approximate surface area is 110 Å². The SMILES string of the molecule is O=C(Cc1ccsc1)c1ccc2ccccc2c1. The highest BCUT2D eigenvalue weighted by Crippen LogP contribution is 2.17. The van der Waals surface area contributed by atoms with E-state index in [0.29, 0.717) is 6.42 Å². The maximum Gasteiger partial charge on any atom is 0.167 e. The van der Waals surface area contributed by atoms with Gasteiger partial charge < -0.3 is 0 Å². The third kappa shape index (κ3) is 2.20. The van der Waals surface area contributed by atoms with E-state index in [0.717, 1.165) is 16.5 Å². The number of benzene rings is 2. The molecule has 1 nitrogen and oxygen atoms in total. The van der Waals surface area contributed by atoms with Crippen LogP contribution in [0.4, 0.5) is 0 Å². The van der Waals surface area contributed by atoms with Crippen LogP contribution in [-0.4, -0.2) is 5.78 Å². The van der Waals surface area contributed by atoms with E-state index in [4.69, 9.17) is 0 Å². The number of hydrogen-bond donors (Lipinski definition) is 0. The van der Waals surface area contributed by atoms with E-state index in [2.05, 4.69) is 6.07 Å². The minimum atomic E-state index is 0.180. The van der Waals surface area contributed by atoms with Gasteiger partial charge in [0.1, 0.15) is 0 Å². The van der Waals surface area contributed by atoms with Crippen molar-refractivity contribution in [1.82, 2.24) is 0 Å². The summed E-state index contributed by atoms with van der Waals surface area (Å²) in [5, 5.41) is 6.32. The summed E-state index contributed by atoms with van der Waals surface area (Å²) in [5.41, 5.74) is 1.89. The molecule has 18 heavy (non-hydrogen) atoms. The zero-order chi connectivity index (χ0) is 12.4. The van der Waals surface area contributed by atoms with E-state index in [1.54, 1.807) is 11.3 Å². The molecule has 88 valence electrons. The van der Waals surface area contributed by atoms with Crippen LogP contribution in [0.5, 0.6) is 0 Å². The van der Waals surface area contributed by atoms with Gasteiger partial charge in [-0.2, -0.15) is 11.3 Å². The van der Waals surface area contributed by atoms with E-state index >= 15 is 0 Å². The summed E-state index contributed by atoms with van der Waals surface area (Å²) in [4.78, 5) is 12.2. The molecule has 0 N–H and O–H groups in total. The van der Waals surface area contributed by atoms with Gasteiger partial charge in [-0.1, -0.05) is 36.4 Å². The van der Waals surface area contributed by atoms with Crippen molar-refractivity contribution in [1.29, 1.82) is 0 Å². The number of carbonyl (C=O) groups excluding carboxylic acids is 1. The summed E-state index contributed by atoms with van der Waals surface area (Å²) in [6, 6.07) is 16.0. The van der Waals surface area contributed by atoms with Crippen LogP contribution in [0.2, 0.25) is 0 Å². The standard InChI is InChI=1S/C16H12OS/c17-16(9-12-7-8-18-11-12)15-6-5-13-3-1-2-4-14(13)10-15/h1-8,10-11H,9H2. The molecule has 2 aromatic carbocycles. The van der Waals surface area contributed by atoms with Gasteiger partial charge in [0, 0.05) is 12.0 Å². The Balaban J connectivity index is 1.92. The molecule has 3 rings (SSSR count). The van der Waals surface area contributed by atoms with Crippen molar-refractivity contribution in [2.45, 2.75) is 6.42 Å². The summed E-state index contributed by atoms with van der Waals surface area (Å²) < 4.78 is 0. The molecule has 0 bridgehead atoms. The molecule has 1 heterocycles. The monoisotopic (exact) mass is 252 g/mol. The van der Waals surface area contributed by atoms with Crippen molar-refractivity contribution in [2.75, 3.05) is 0 Å². The minimum Gasteiger partial charge on any atom is -0.294 e. The van der Waals surface area contributed by atoms with E-state index in [1.165, 1.54) is 5.39 Å². The van der Waals surface area contributed by atoms with Gasteiger partial charge in [0.15, 0.2) is 5.78 Å². The second kappa shape index (κ2) is 4.75. The maximum absolute atomic E-state index is 12.2. The molecule has 3 aromatic rings. The average molecular weight is 252 g/mol. The maximum atomic E-state index is 12.2. The predicted octanol–water partition coefficient (Wildman–Crippen LogP) is 4.33. The molecule has 0 unspecified atom stereocenters. The number of rotatable bonds is 3. The fourth-order valence-corrected chi connectivity index (χ4v) is 2.71. The number of thiophene rings is 1. The van der Waals surface area contributed by atoms with Gasteiger partial charge in [-0.3, -0.25) is 4.79 Å². The van der Waals surface area contributed by atoms with Crippen molar-refractivity contribution in [3.8, 4) is 0 Å². The molecule has 0 saturated heterocycles. The smallest absolute Gasteiger partial charge is 0.167 e. The van der Waals surface area contributed by atoms with Gasteiger partial charge in [0.2, 0.25) is 0 Å². The lowest BCUT2D eigenvalue weighted by molar-refractivity contribution is 0.0993. The van der Waals surface area contributed by atoms with Crippen LogP contribution in [0, 0.1) is 0 Å². The summed E-state index contributed by atoms with van der Waals surface area (Å²) in [6.45, 7) is 0. The van der Waals surface area contributed by atoms with Crippen molar-refractivity contribution < 1.29 is 4.79 Å². The molecule has 0 aliphatic rings. The van der Waals surface area contributed by atoms with Crippen LogP contribution in [0.15, 0.2) is 59.3 Å². The first-order valence-corrected chi connectivity index (χ1v) is 6.80. The van der Waals surface area contributed by atoms with Crippen LogP contribution in [-0.2, 0) is 6.42 Å². The lowest BCUT2D eigenvalue weighted by Crippen LogP contribution is -2.02. The number of Topliss-reactive ketones (excluding diaryl/α,β-unsaturated/α-hetero) is 1. The highest BCUT2D eigenvalue weighted by atomic mass is 32.1. The average Bonchev–Trinajstić information content (AvgIpc) is 2.91. The number of carbonyl (C=O) groups is 1. The van der Waals surface area contributed by atoms with Gasteiger partial charge in [-0.05, 0) is 39.2 Å². The van der Waals surface area contributed by atoms with Gasteiger partial charge in [0.05, 0.1) is 0 Å². The Kier molecular flexibility index (Phi) is 2.95.